The van der Waals surface area contributed by atoms with Crippen molar-refractivity contribution in [2.75, 3.05) is 6.61 Å². The number of hydrogen-bond donors (Lipinski definition) is 0. The van der Waals surface area contributed by atoms with Crippen molar-refractivity contribution in [3.63, 3.8) is 0 Å². The SMILES string of the molecule is CCOc1cc(/C=N\OCc2ccccc2C#N)cc(Br)c1OCc1ccccc1Cl. The summed E-state index contributed by atoms with van der Waals surface area (Å²) in [5.41, 5.74) is 3.00. The Bertz CT molecular complexity index is 1110. The van der Waals surface area contributed by atoms with Crippen LogP contribution in [0, 0.1) is 11.3 Å². The van der Waals surface area contributed by atoms with Gasteiger partial charge in [-0.2, -0.15) is 5.26 Å². The van der Waals surface area contributed by atoms with Crippen molar-refractivity contribution in [2.24, 2.45) is 5.16 Å². The fraction of sp³-hybridized carbons (Fsp3) is 0.167. The second kappa shape index (κ2) is 11.4. The van der Waals surface area contributed by atoms with Crippen molar-refractivity contribution in [1.82, 2.24) is 0 Å². The van der Waals surface area contributed by atoms with Crippen molar-refractivity contribution < 1.29 is 14.3 Å². The molecule has 158 valence electrons. The molecule has 0 bridgehead atoms. The van der Waals surface area contributed by atoms with Crippen LogP contribution in [0.3, 0.4) is 0 Å². The highest BCUT2D eigenvalue weighted by atomic mass is 79.9. The van der Waals surface area contributed by atoms with Gasteiger partial charge in [-0.15, -0.1) is 0 Å². The molecular formula is C24H20BrClN2O3. The number of oxime groups is 1. The quantitative estimate of drug-likeness (QED) is 0.249. The first-order valence-corrected chi connectivity index (χ1v) is 10.7. The van der Waals surface area contributed by atoms with Crippen LogP contribution in [0.5, 0.6) is 11.5 Å². The Labute approximate surface area is 194 Å². The van der Waals surface area contributed by atoms with E-state index in [1.807, 2.05) is 61.5 Å². The lowest BCUT2D eigenvalue weighted by atomic mass is 10.1. The van der Waals surface area contributed by atoms with E-state index in [4.69, 9.17) is 31.2 Å². The molecule has 0 saturated carbocycles. The maximum absolute atomic E-state index is 9.14. The van der Waals surface area contributed by atoms with Crippen LogP contribution in [0.4, 0.5) is 0 Å². The van der Waals surface area contributed by atoms with Crippen molar-refractivity contribution >= 4 is 33.7 Å². The van der Waals surface area contributed by atoms with Crippen LogP contribution in [0.15, 0.2) is 70.3 Å². The van der Waals surface area contributed by atoms with Crippen LogP contribution < -0.4 is 9.47 Å². The number of rotatable bonds is 9. The van der Waals surface area contributed by atoms with Gasteiger partial charge in [0.25, 0.3) is 0 Å². The zero-order chi connectivity index (χ0) is 22.1. The summed E-state index contributed by atoms with van der Waals surface area (Å²) in [7, 11) is 0. The fourth-order valence-corrected chi connectivity index (χ4v) is 3.56. The topological polar surface area (TPSA) is 63.8 Å². The average Bonchev–Trinajstić information content (AvgIpc) is 2.77. The predicted octanol–water partition coefficient (Wildman–Crippen LogP) is 6.50. The van der Waals surface area contributed by atoms with Gasteiger partial charge in [0.2, 0.25) is 0 Å². The third-order valence-corrected chi connectivity index (χ3v) is 5.25. The van der Waals surface area contributed by atoms with Crippen molar-refractivity contribution in [3.8, 4) is 17.6 Å². The van der Waals surface area contributed by atoms with Gasteiger partial charge in [0.15, 0.2) is 11.5 Å². The largest absolute Gasteiger partial charge is 0.490 e. The number of hydrogen-bond acceptors (Lipinski definition) is 5. The molecule has 0 radical (unpaired) electrons. The summed E-state index contributed by atoms with van der Waals surface area (Å²) in [6, 6.07) is 20.6. The Balaban J connectivity index is 1.71. The molecule has 0 fully saturated rings. The predicted molar refractivity (Wildman–Crippen MR) is 125 cm³/mol. The van der Waals surface area contributed by atoms with Crippen LogP contribution in [-0.4, -0.2) is 12.8 Å². The molecule has 0 spiro atoms. The Morgan fingerprint density at radius 3 is 2.52 bits per heavy atom. The summed E-state index contributed by atoms with van der Waals surface area (Å²) >= 11 is 9.77. The molecule has 0 amide bonds. The second-order valence-corrected chi connectivity index (χ2v) is 7.68. The van der Waals surface area contributed by atoms with Gasteiger partial charge in [0, 0.05) is 21.7 Å². The molecule has 31 heavy (non-hydrogen) atoms. The van der Waals surface area contributed by atoms with Gasteiger partial charge in [0.05, 0.1) is 28.9 Å². The van der Waals surface area contributed by atoms with Gasteiger partial charge in [-0.3, -0.25) is 0 Å². The molecule has 0 N–H and O–H groups in total. The number of ether oxygens (including phenoxy) is 2. The van der Waals surface area contributed by atoms with Crippen LogP contribution >= 0.6 is 27.5 Å². The highest BCUT2D eigenvalue weighted by molar-refractivity contribution is 9.10. The van der Waals surface area contributed by atoms with Crippen LogP contribution in [0.2, 0.25) is 5.02 Å². The standard InChI is InChI=1S/C24H20BrClN2O3/c1-2-29-23-12-17(14-28-31-16-19-8-4-3-7-18(19)13-27)11-21(25)24(23)30-15-20-9-5-6-10-22(20)26/h3-12,14H,2,15-16H2,1H3/b28-14-. The first-order valence-electron chi connectivity index (χ1n) is 9.58. The minimum Gasteiger partial charge on any atom is -0.490 e. The Kier molecular flexibility index (Phi) is 8.34. The van der Waals surface area contributed by atoms with E-state index in [0.29, 0.717) is 35.3 Å². The monoisotopic (exact) mass is 498 g/mol. The van der Waals surface area contributed by atoms with Crippen LogP contribution in [-0.2, 0) is 18.1 Å². The Morgan fingerprint density at radius 2 is 1.77 bits per heavy atom. The summed E-state index contributed by atoms with van der Waals surface area (Å²) in [6.07, 6.45) is 1.58. The Morgan fingerprint density at radius 1 is 1.03 bits per heavy atom. The van der Waals surface area contributed by atoms with Gasteiger partial charge in [-0.25, -0.2) is 0 Å². The summed E-state index contributed by atoms with van der Waals surface area (Å²) in [6.45, 7) is 2.91. The van der Waals surface area contributed by atoms with Gasteiger partial charge >= 0.3 is 0 Å². The first kappa shape index (κ1) is 22.7. The summed E-state index contributed by atoms with van der Waals surface area (Å²) in [5, 5.41) is 13.8. The van der Waals surface area contributed by atoms with Crippen molar-refractivity contribution in [1.29, 1.82) is 5.26 Å². The fourth-order valence-electron chi connectivity index (χ4n) is 2.79. The van der Waals surface area contributed by atoms with Gasteiger partial charge in [-0.05, 0) is 47.1 Å². The number of halogens is 2. The molecule has 0 aliphatic rings. The summed E-state index contributed by atoms with van der Waals surface area (Å²) < 4.78 is 12.5. The minimum absolute atomic E-state index is 0.207. The molecule has 0 heterocycles. The third kappa shape index (κ3) is 6.24. The van der Waals surface area contributed by atoms with E-state index in [2.05, 4.69) is 27.2 Å². The smallest absolute Gasteiger partial charge is 0.175 e. The number of nitrogens with zero attached hydrogens (tertiary/aromatic N) is 2. The van der Waals surface area contributed by atoms with Crippen molar-refractivity contribution in [3.05, 3.63) is 92.4 Å². The average molecular weight is 500 g/mol. The summed E-state index contributed by atoms with van der Waals surface area (Å²) in [5.74, 6) is 1.17. The van der Waals surface area contributed by atoms with E-state index in [-0.39, 0.29) is 6.61 Å². The molecule has 0 aromatic heterocycles. The molecule has 0 saturated heterocycles. The van der Waals surface area contributed by atoms with E-state index in [9.17, 15) is 0 Å². The number of benzene rings is 3. The van der Waals surface area contributed by atoms with Gasteiger partial charge in [0.1, 0.15) is 13.2 Å². The highest BCUT2D eigenvalue weighted by Crippen LogP contribution is 2.37. The molecule has 5 nitrogen and oxygen atoms in total. The molecule has 0 atom stereocenters. The second-order valence-electron chi connectivity index (χ2n) is 6.42. The lowest BCUT2D eigenvalue weighted by molar-refractivity contribution is 0.132. The Hall–Kier alpha value is -3.01. The lowest BCUT2D eigenvalue weighted by Gasteiger charge is -2.15. The first-order chi connectivity index (χ1) is 15.1. The molecule has 3 aromatic carbocycles. The highest BCUT2D eigenvalue weighted by Gasteiger charge is 2.13. The maximum Gasteiger partial charge on any atom is 0.175 e. The molecule has 0 aliphatic heterocycles. The summed E-state index contributed by atoms with van der Waals surface area (Å²) in [4.78, 5) is 5.37. The zero-order valence-electron chi connectivity index (χ0n) is 16.8. The van der Waals surface area contributed by atoms with E-state index in [1.165, 1.54) is 0 Å². The van der Waals surface area contributed by atoms with Crippen molar-refractivity contribution in [2.45, 2.75) is 20.1 Å². The van der Waals surface area contributed by atoms with E-state index in [0.717, 1.165) is 21.2 Å². The molecule has 0 unspecified atom stereocenters. The van der Waals surface area contributed by atoms with E-state index < -0.39 is 0 Å². The number of nitriles is 1. The van der Waals surface area contributed by atoms with E-state index in [1.54, 1.807) is 12.3 Å². The molecule has 0 aliphatic carbocycles. The van der Waals surface area contributed by atoms with Gasteiger partial charge < -0.3 is 14.3 Å². The molecule has 3 rings (SSSR count). The normalized spacial score (nSPS) is 10.6. The lowest BCUT2D eigenvalue weighted by Crippen LogP contribution is -2.02. The maximum atomic E-state index is 9.14. The third-order valence-electron chi connectivity index (χ3n) is 4.30. The van der Waals surface area contributed by atoms with E-state index >= 15 is 0 Å². The molecule has 7 heteroatoms. The minimum atomic E-state index is 0.207. The van der Waals surface area contributed by atoms with Crippen LogP contribution in [0.25, 0.3) is 0 Å². The van der Waals surface area contributed by atoms with Crippen LogP contribution in [0.1, 0.15) is 29.2 Å². The zero-order valence-corrected chi connectivity index (χ0v) is 19.2. The molecular weight excluding hydrogens is 480 g/mol. The molecule has 3 aromatic rings. The van der Waals surface area contributed by atoms with Gasteiger partial charge in [-0.1, -0.05) is 53.2 Å².